The van der Waals surface area contributed by atoms with E-state index in [1.807, 2.05) is 36.1 Å². The van der Waals surface area contributed by atoms with Crippen LogP contribution in [0.4, 0.5) is 4.39 Å². The van der Waals surface area contributed by atoms with Crippen molar-refractivity contribution in [3.05, 3.63) is 70.5 Å². The maximum Gasteiger partial charge on any atom is 0.258 e. The molecule has 1 aliphatic heterocycles. The van der Waals surface area contributed by atoms with Crippen molar-refractivity contribution in [1.82, 2.24) is 20.4 Å². The van der Waals surface area contributed by atoms with Crippen molar-refractivity contribution in [3.8, 4) is 17.1 Å². The van der Waals surface area contributed by atoms with E-state index < -0.39 is 5.82 Å². The molecule has 6 nitrogen and oxygen atoms in total. The summed E-state index contributed by atoms with van der Waals surface area (Å²) < 4.78 is 24.9. The Morgan fingerprint density at radius 1 is 1.24 bits per heavy atom. The number of allylic oxidation sites excluding steroid dienone is 1. The van der Waals surface area contributed by atoms with Crippen molar-refractivity contribution in [1.29, 1.82) is 0 Å². The van der Waals surface area contributed by atoms with Gasteiger partial charge in [-0.15, -0.1) is 0 Å². The van der Waals surface area contributed by atoms with Gasteiger partial charge in [0.25, 0.3) is 5.89 Å². The van der Waals surface area contributed by atoms with Crippen LogP contribution in [0.15, 0.2) is 52.7 Å². The van der Waals surface area contributed by atoms with Gasteiger partial charge < -0.3 is 19.5 Å². The van der Waals surface area contributed by atoms with Crippen LogP contribution in [0.1, 0.15) is 38.3 Å². The number of ether oxygens (including phenoxy) is 1. The molecular formula is C24H24ClFN4O2S. The lowest BCUT2D eigenvalue weighted by Gasteiger charge is -2.38. The van der Waals surface area contributed by atoms with Gasteiger partial charge in [0, 0.05) is 22.8 Å². The Bertz CT molecular complexity index is 1210. The molecule has 0 amide bonds. The topological polar surface area (TPSA) is 63.4 Å². The SMILES string of the molecule is COc1ccc(-c2noc(C3=C(C)N(CC(C)C)C(=S)NC3c3ccc(Cl)cc3)n2)cc1F. The lowest BCUT2D eigenvalue weighted by atomic mass is 9.94. The lowest BCUT2D eigenvalue weighted by Crippen LogP contribution is -2.47. The number of nitrogens with one attached hydrogen (secondary N) is 1. The number of halogens is 2. The van der Waals surface area contributed by atoms with Crippen LogP contribution in [-0.2, 0) is 0 Å². The molecule has 0 saturated heterocycles. The summed E-state index contributed by atoms with van der Waals surface area (Å²) in [5.41, 5.74) is 3.17. The van der Waals surface area contributed by atoms with Crippen molar-refractivity contribution < 1.29 is 13.7 Å². The maximum atomic E-state index is 14.2. The molecule has 0 bridgehead atoms. The Morgan fingerprint density at radius 2 is 1.97 bits per heavy atom. The molecule has 0 aliphatic carbocycles. The normalized spacial score (nSPS) is 16.4. The molecule has 0 fully saturated rings. The van der Waals surface area contributed by atoms with E-state index in [0.29, 0.717) is 27.5 Å². The molecule has 33 heavy (non-hydrogen) atoms. The number of rotatable bonds is 6. The summed E-state index contributed by atoms with van der Waals surface area (Å²) >= 11 is 11.8. The number of benzene rings is 2. The van der Waals surface area contributed by atoms with E-state index in [0.717, 1.165) is 23.4 Å². The van der Waals surface area contributed by atoms with E-state index in [1.54, 1.807) is 6.07 Å². The Hall–Kier alpha value is -2.97. The highest BCUT2D eigenvalue weighted by Crippen LogP contribution is 2.38. The van der Waals surface area contributed by atoms with Gasteiger partial charge in [-0.2, -0.15) is 4.98 Å². The van der Waals surface area contributed by atoms with Crippen molar-refractivity contribution >= 4 is 34.5 Å². The molecule has 0 spiro atoms. The zero-order valence-corrected chi connectivity index (χ0v) is 20.3. The Balaban J connectivity index is 1.80. The first-order chi connectivity index (χ1) is 15.8. The van der Waals surface area contributed by atoms with Crippen LogP contribution in [0.3, 0.4) is 0 Å². The second-order valence-electron chi connectivity index (χ2n) is 8.21. The van der Waals surface area contributed by atoms with Gasteiger partial charge in [-0.1, -0.05) is 42.7 Å². The monoisotopic (exact) mass is 486 g/mol. The highest BCUT2D eigenvalue weighted by Gasteiger charge is 2.34. The van der Waals surface area contributed by atoms with E-state index >= 15 is 0 Å². The molecular weight excluding hydrogens is 463 g/mol. The van der Waals surface area contributed by atoms with Crippen LogP contribution >= 0.6 is 23.8 Å². The predicted octanol–water partition coefficient (Wildman–Crippen LogP) is 5.86. The number of nitrogens with zero attached hydrogens (tertiary/aromatic N) is 3. The van der Waals surface area contributed by atoms with E-state index in [-0.39, 0.29) is 17.6 Å². The third kappa shape index (κ3) is 4.72. The summed E-state index contributed by atoms with van der Waals surface area (Å²) in [7, 11) is 1.42. The lowest BCUT2D eigenvalue weighted by molar-refractivity contribution is 0.385. The zero-order valence-electron chi connectivity index (χ0n) is 18.7. The average Bonchev–Trinajstić information content (AvgIpc) is 3.26. The minimum Gasteiger partial charge on any atom is -0.494 e. The zero-order chi connectivity index (χ0) is 23.7. The maximum absolute atomic E-state index is 14.2. The molecule has 1 N–H and O–H groups in total. The highest BCUT2D eigenvalue weighted by atomic mass is 35.5. The smallest absolute Gasteiger partial charge is 0.258 e. The number of methoxy groups -OCH3 is 1. The van der Waals surface area contributed by atoms with Crippen molar-refractivity contribution in [2.75, 3.05) is 13.7 Å². The standard InChI is InChI=1S/C24H24ClFN4O2S/c1-13(2)12-30-14(3)20(21(27-24(30)33)15-5-8-17(25)9-6-15)23-28-22(29-32-23)16-7-10-19(31-4)18(26)11-16/h5-11,13,21H,12H2,1-4H3,(H,27,33). The van der Waals surface area contributed by atoms with Gasteiger partial charge in [0.05, 0.1) is 18.7 Å². The van der Waals surface area contributed by atoms with Crippen LogP contribution in [0.5, 0.6) is 5.75 Å². The summed E-state index contributed by atoms with van der Waals surface area (Å²) in [6.45, 7) is 6.98. The third-order valence-electron chi connectivity index (χ3n) is 5.41. The van der Waals surface area contributed by atoms with Gasteiger partial charge in [0.1, 0.15) is 0 Å². The van der Waals surface area contributed by atoms with Crippen molar-refractivity contribution in [3.63, 3.8) is 0 Å². The molecule has 1 aliphatic rings. The van der Waals surface area contributed by atoms with Crippen LogP contribution in [0.25, 0.3) is 17.0 Å². The third-order valence-corrected chi connectivity index (χ3v) is 6.00. The first kappa shape index (κ1) is 23.2. The number of hydrogen-bond acceptors (Lipinski definition) is 5. The summed E-state index contributed by atoms with van der Waals surface area (Å²) in [5.74, 6) is 0.656. The molecule has 9 heteroatoms. The Kier molecular flexibility index (Phi) is 6.67. The summed E-state index contributed by atoms with van der Waals surface area (Å²) in [5, 5.41) is 8.79. The molecule has 1 aromatic heterocycles. The first-order valence-corrected chi connectivity index (χ1v) is 11.3. The molecule has 2 aromatic carbocycles. The number of thiocarbonyl (C=S) groups is 1. The number of aromatic nitrogens is 2. The summed E-state index contributed by atoms with van der Waals surface area (Å²) in [6, 6.07) is 11.8. The molecule has 0 saturated carbocycles. The summed E-state index contributed by atoms with van der Waals surface area (Å²) in [6.07, 6.45) is 0. The van der Waals surface area contributed by atoms with E-state index in [9.17, 15) is 4.39 Å². The quantitative estimate of drug-likeness (QED) is 0.438. The minimum absolute atomic E-state index is 0.151. The van der Waals surface area contributed by atoms with Crippen LogP contribution < -0.4 is 10.1 Å². The van der Waals surface area contributed by atoms with Gasteiger partial charge in [-0.05, 0) is 61.0 Å². The van der Waals surface area contributed by atoms with Gasteiger partial charge in [0.2, 0.25) is 5.82 Å². The van der Waals surface area contributed by atoms with Gasteiger partial charge in [0.15, 0.2) is 16.7 Å². The van der Waals surface area contributed by atoms with Gasteiger partial charge >= 0.3 is 0 Å². The molecule has 3 aromatic rings. The minimum atomic E-state index is -0.497. The summed E-state index contributed by atoms with van der Waals surface area (Å²) in [4.78, 5) is 6.64. The Morgan fingerprint density at radius 3 is 2.61 bits per heavy atom. The molecule has 4 rings (SSSR count). The highest BCUT2D eigenvalue weighted by molar-refractivity contribution is 7.80. The predicted molar refractivity (Wildman–Crippen MR) is 130 cm³/mol. The second kappa shape index (κ2) is 9.49. The fraction of sp³-hybridized carbons (Fsp3) is 0.292. The second-order valence-corrected chi connectivity index (χ2v) is 9.03. The fourth-order valence-corrected chi connectivity index (χ4v) is 4.26. The van der Waals surface area contributed by atoms with Crippen molar-refractivity contribution in [2.24, 2.45) is 5.92 Å². The van der Waals surface area contributed by atoms with Gasteiger partial charge in [-0.3, -0.25) is 0 Å². The average molecular weight is 487 g/mol. The van der Waals surface area contributed by atoms with Crippen LogP contribution in [-0.4, -0.2) is 33.8 Å². The van der Waals surface area contributed by atoms with E-state index in [1.165, 1.54) is 19.2 Å². The van der Waals surface area contributed by atoms with E-state index in [2.05, 4.69) is 29.3 Å². The molecule has 0 radical (unpaired) electrons. The molecule has 1 unspecified atom stereocenters. The molecule has 1 atom stereocenters. The Labute approximate surface area is 202 Å². The molecule has 2 heterocycles. The van der Waals surface area contributed by atoms with Crippen LogP contribution in [0.2, 0.25) is 5.02 Å². The van der Waals surface area contributed by atoms with Crippen molar-refractivity contribution in [2.45, 2.75) is 26.8 Å². The van der Waals surface area contributed by atoms with Crippen LogP contribution in [0, 0.1) is 11.7 Å². The fourth-order valence-electron chi connectivity index (χ4n) is 3.80. The molecule has 172 valence electrons. The largest absolute Gasteiger partial charge is 0.494 e. The first-order valence-electron chi connectivity index (χ1n) is 10.5. The van der Waals surface area contributed by atoms with E-state index in [4.69, 9.17) is 33.1 Å². The number of hydrogen-bond donors (Lipinski definition) is 1. The van der Waals surface area contributed by atoms with Gasteiger partial charge in [-0.25, -0.2) is 4.39 Å².